The fraction of sp³-hybridized carbons (Fsp3) is 0.538. The van der Waals surface area contributed by atoms with Gasteiger partial charge in [-0.2, -0.15) is 0 Å². The van der Waals surface area contributed by atoms with Crippen LogP contribution in [0.2, 0.25) is 5.02 Å². The van der Waals surface area contributed by atoms with E-state index in [1.54, 1.807) is 0 Å². The molecule has 20 heavy (non-hydrogen) atoms. The van der Waals surface area contributed by atoms with Crippen LogP contribution in [0.25, 0.3) is 0 Å². The van der Waals surface area contributed by atoms with Crippen molar-refractivity contribution in [2.24, 2.45) is 0 Å². The summed E-state index contributed by atoms with van der Waals surface area (Å²) in [6.45, 7) is 3.03. The van der Waals surface area contributed by atoms with E-state index in [4.69, 9.17) is 11.6 Å². The van der Waals surface area contributed by atoms with Crippen LogP contribution in [0.1, 0.15) is 19.3 Å². The molecule has 1 aliphatic heterocycles. The summed E-state index contributed by atoms with van der Waals surface area (Å²) < 4.78 is 39.6. The molecule has 0 atom stereocenters. The van der Waals surface area contributed by atoms with Crippen molar-refractivity contribution in [1.29, 1.82) is 0 Å². The highest BCUT2D eigenvalue weighted by Gasteiger charge is 2.18. The minimum Gasteiger partial charge on any atom is -0.302 e. The number of hydrogen-bond donors (Lipinski definition) is 1. The maximum absolute atomic E-state index is 12.9. The molecule has 0 amide bonds. The van der Waals surface area contributed by atoms with Crippen LogP contribution in [0.15, 0.2) is 23.1 Å². The Balaban J connectivity index is 1.93. The quantitative estimate of drug-likeness (QED) is 0.905. The lowest BCUT2D eigenvalue weighted by molar-refractivity contribution is 0.233. The summed E-state index contributed by atoms with van der Waals surface area (Å²) in [5.41, 5.74) is 0. The van der Waals surface area contributed by atoms with Crippen LogP contribution in [0.5, 0.6) is 0 Å². The normalized spacial score (nSPS) is 17.3. The van der Waals surface area contributed by atoms with Gasteiger partial charge in [0.1, 0.15) is 10.7 Å². The number of sulfonamides is 1. The average molecular weight is 321 g/mol. The third-order valence-electron chi connectivity index (χ3n) is 3.35. The zero-order valence-corrected chi connectivity index (χ0v) is 12.7. The highest BCUT2D eigenvalue weighted by Crippen LogP contribution is 2.21. The van der Waals surface area contributed by atoms with Gasteiger partial charge < -0.3 is 4.90 Å². The van der Waals surface area contributed by atoms with E-state index in [9.17, 15) is 12.8 Å². The van der Waals surface area contributed by atoms with Gasteiger partial charge in [-0.1, -0.05) is 18.0 Å². The molecule has 0 unspecified atom stereocenters. The van der Waals surface area contributed by atoms with Gasteiger partial charge in [0.15, 0.2) is 0 Å². The Bertz CT molecular complexity index is 559. The van der Waals surface area contributed by atoms with E-state index in [1.165, 1.54) is 12.5 Å². The summed E-state index contributed by atoms with van der Waals surface area (Å²) in [6.07, 6.45) is 3.57. The summed E-state index contributed by atoms with van der Waals surface area (Å²) in [5.74, 6) is -0.553. The number of hydrogen-bond acceptors (Lipinski definition) is 3. The SMILES string of the molecule is O=S(=O)(NCCN1CCCCC1)c1ccc(F)cc1Cl. The standard InChI is InChI=1S/C13H18ClFN2O2S/c14-12-10-11(15)4-5-13(12)20(18,19)16-6-9-17-7-2-1-3-8-17/h4-5,10,16H,1-3,6-9H2. The Hall–Kier alpha value is -0.690. The number of benzene rings is 1. The molecule has 1 aromatic rings. The van der Waals surface area contributed by atoms with E-state index < -0.39 is 15.8 Å². The molecule has 1 N–H and O–H groups in total. The summed E-state index contributed by atoms with van der Waals surface area (Å²) in [4.78, 5) is 2.15. The van der Waals surface area contributed by atoms with Gasteiger partial charge in [-0.15, -0.1) is 0 Å². The first-order valence-corrected chi connectivity index (χ1v) is 8.52. The number of nitrogens with one attached hydrogen (secondary N) is 1. The zero-order valence-electron chi connectivity index (χ0n) is 11.1. The van der Waals surface area contributed by atoms with E-state index in [0.717, 1.165) is 38.1 Å². The number of nitrogens with zero attached hydrogens (tertiary/aromatic N) is 1. The van der Waals surface area contributed by atoms with Crippen LogP contribution in [0, 0.1) is 5.82 Å². The zero-order chi connectivity index (χ0) is 14.6. The Kier molecular flexibility index (Phi) is 5.37. The molecule has 1 fully saturated rings. The predicted octanol–water partition coefficient (Wildman–Crippen LogP) is 2.24. The van der Waals surface area contributed by atoms with Gasteiger partial charge in [0.25, 0.3) is 0 Å². The van der Waals surface area contributed by atoms with Crippen LogP contribution in [-0.2, 0) is 10.0 Å². The van der Waals surface area contributed by atoms with Crippen LogP contribution < -0.4 is 4.72 Å². The largest absolute Gasteiger partial charge is 0.302 e. The molecule has 1 saturated heterocycles. The second-order valence-corrected chi connectivity index (χ2v) is 7.02. The van der Waals surface area contributed by atoms with Crippen molar-refractivity contribution in [1.82, 2.24) is 9.62 Å². The third-order valence-corrected chi connectivity index (χ3v) is 5.30. The molecule has 112 valence electrons. The monoisotopic (exact) mass is 320 g/mol. The van der Waals surface area contributed by atoms with Crippen molar-refractivity contribution in [2.75, 3.05) is 26.2 Å². The fourth-order valence-electron chi connectivity index (χ4n) is 2.29. The Labute approximate surface area is 124 Å². The van der Waals surface area contributed by atoms with Gasteiger partial charge in [-0.3, -0.25) is 0 Å². The lowest BCUT2D eigenvalue weighted by Gasteiger charge is -2.26. The fourth-order valence-corrected chi connectivity index (χ4v) is 3.84. The molecular formula is C13H18ClFN2O2S. The van der Waals surface area contributed by atoms with Gasteiger partial charge in [0.2, 0.25) is 10.0 Å². The van der Waals surface area contributed by atoms with Crippen molar-refractivity contribution in [2.45, 2.75) is 24.2 Å². The summed E-state index contributed by atoms with van der Waals surface area (Å²) in [5, 5.41) is -0.101. The van der Waals surface area contributed by atoms with Gasteiger partial charge in [0, 0.05) is 13.1 Å². The molecule has 0 aromatic heterocycles. The van der Waals surface area contributed by atoms with Gasteiger partial charge in [0.05, 0.1) is 5.02 Å². The first-order chi connectivity index (χ1) is 9.49. The summed E-state index contributed by atoms with van der Waals surface area (Å²) >= 11 is 5.77. The van der Waals surface area contributed by atoms with Crippen LogP contribution >= 0.6 is 11.6 Å². The molecule has 1 aromatic carbocycles. The van der Waals surface area contributed by atoms with Crippen molar-refractivity contribution >= 4 is 21.6 Å². The third kappa shape index (κ3) is 4.15. The van der Waals surface area contributed by atoms with Crippen molar-refractivity contribution in [3.8, 4) is 0 Å². The van der Waals surface area contributed by atoms with Gasteiger partial charge in [-0.25, -0.2) is 17.5 Å². The lowest BCUT2D eigenvalue weighted by atomic mass is 10.1. The highest BCUT2D eigenvalue weighted by molar-refractivity contribution is 7.89. The molecule has 0 radical (unpaired) electrons. The minimum absolute atomic E-state index is 0.0841. The molecule has 0 bridgehead atoms. The number of rotatable bonds is 5. The van der Waals surface area contributed by atoms with E-state index in [2.05, 4.69) is 9.62 Å². The predicted molar refractivity (Wildman–Crippen MR) is 76.9 cm³/mol. The van der Waals surface area contributed by atoms with E-state index in [0.29, 0.717) is 13.1 Å². The molecule has 0 aliphatic carbocycles. The van der Waals surface area contributed by atoms with Crippen LogP contribution in [0.4, 0.5) is 4.39 Å². The Morgan fingerprint density at radius 1 is 1.25 bits per heavy atom. The molecule has 4 nitrogen and oxygen atoms in total. The molecule has 0 spiro atoms. The first kappa shape index (κ1) is 15.7. The van der Waals surface area contributed by atoms with E-state index in [1.807, 2.05) is 0 Å². The van der Waals surface area contributed by atoms with Crippen molar-refractivity contribution in [3.05, 3.63) is 29.0 Å². The minimum atomic E-state index is -3.68. The summed E-state index contributed by atoms with van der Waals surface area (Å²) in [7, 11) is -3.68. The van der Waals surface area contributed by atoms with Gasteiger partial charge in [-0.05, 0) is 44.1 Å². The second-order valence-electron chi connectivity index (χ2n) is 4.87. The molecule has 7 heteroatoms. The maximum atomic E-state index is 12.9. The lowest BCUT2D eigenvalue weighted by Crippen LogP contribution is -2.37. The van der Waals surface area contributed by atoms with Crippen molar-refractivity contribution in [3.63, 3.8) is 0 Å². The molecule has 1 heterocycles. The maximum Gasteiger partial charge on any atom is 0.242 e. The van der Waals surface area contributed by atoms with E-state index in [-0.39, 0.29) is 9.92 Å². The van der Waals surface area contributed by atoms with E-state index >= 15 is 0 Å². The number of halogens is 2. The molecular weight excluding hydrogens is 303 g/mol. The topological polar surface area (TPSA) is 49.4 Å². The number of likely N-dealkylation sites (tertiary alicyclic amines) is 1. The summed E-state index contributed by atoms with van der Waals surface area (Å²) in [6, 6.07) is 3.27. The molecule has 1 aliphatic rings. The Morgan fingerprint density at radius 2 is 1.95 bits per heavy atom. The molecule has 0 saturated carbocycles. The average Bonchev–Trinajstić information content (AvgIpc) is 2.39. The Morgan fingerprint density at radius 3 is 2.60 bits per heavy atom. The van der Waals surface area contributed by atoms with Crippen LogP contribution in [0.3, 0.4) is 0 Å². The smallest absolute Gasteiger partial charge is 0.242 e. The first-order valence-electron chi connectivity index (χ1n) is 6.66. The highest BCUT2D eigenvalue weighted by atomic mass is 35.5. The van der Waals surface area contributed by atoms with Gasteiger partial charge >= 0.3 is 0 Å². The molecule has 2 rings (SSSR count). The van der Waals surface area contributed by atoms with Crippen molar-refractivity contribution < 1.29 is 12.8 Å². The van der Waals surface area contributed by atoms with Crippen LogP contribution in [-0.4, -0.2) is 39.5 Å². The number of piperidine rings is 1. The second kappa shape index (κ2) is 6.85.